The molecule has 1 heterocycles. The van der Waals surface area contributed by atoms with Gasteiger partial charge in [-0.1, -0.05) is 47.1 Å². The van der Waals surface area contributed by atoms with E-state index in [9.17, 15) is 13.2 Å². The summed E-state index contributed by atoms with van der Waals surface area (Å²) in [5.41, 5.74) is 3.13. The van der Waals surface area contributed by atoms with Crippen molar-refractivity contribution in [2.24, 2.45) is 0 Å². The molecule has 0 spiro atoms. The summed E-state index contributed by atoms with van der Waals surface area (Å²) in [7, 11) is -3.52. The number of benzene rings is 2. The number of nitrogens with one attached hydrogen (secondary N) is 2. The second-order valence-electron chi connectivity index (χ2n) is 5.97. The van der Waals surface area contributed by atoms with Crippen molar-refractivity contribution < 1.29 is 13.2 Å². The summed E-state index contributed by atoms with van der Waals surface area (Å²) in [6.45, 7) is 2.74. The van der Waals surface area contributed by atoms with Gasteiger partial charge in [0.05, 0.1) is 10.5 Å². The van der Waals surface area contributed by atoms with Gasteiger partial charge in [-0.2, -0.15) is 0 Å². The van der Waals surface area contributed by atoms with E-state index < -0.39 is 10.0 Å². The molecule has 0 aromatic heterocycles. The quantitative estimate of drug-likeness (QED) is 0.732. The Bertz CT molecular complexity index is 967. The van der Waals surface area contributed by atoms with Gasteiger partial charge in [-0.25, -0.2) is 13.1 Å². The van der Waals surface area contributed by atoms with Crippen molar-refractivity contribution >= 4 is 43.0 Å². The third kappa shape index (κ3) is 3.90. The van der Waals surface area contributed by atoms with Crippen LogP contribution in [0, 0.1) is 0 Å². The van der Waals surface area contributed by atoms with Crippen LogP contribution >= 0.6 is 15.9 Å². The van der Waals surface area contributed by atoms with E-state index in [-0.39, 0.29) is 10.8 Å². The SMILES string of the molecule is CCCNS(=O)(=O)c1ccc(C2=C(c3cccc(Br)c3)CNC2=O)cc1. The second-order valence-corrected chi connectivity index (χ2v) is 8.65. The Balaban J connectivity index is 1.99. The Kier molecular flexibility index (Phi) is 5.60. The Morgan fingerprint density at radius 3 is 2.50 bits per heavy atom. The van der Waals surface area contributed by atoms with Gasteiger partial charge < -0.3 is 5.32 Å². The molecule has 26 heavy (non-hydrogen) atoms. The van der Waals surface area contributed by atoms with E-state index in [1.165, 1.54) is 12.1 Å². The number of halogens is 1. The number of sulfonamides is 1. The average molecular weight is 435 g/mol. The van der Waals surface area contributed by atoms with Crippen LogP contribution in [-0.2, 0) is 14.8 Å². The van der Waals surface area contributed by atoms with Crippen molar-refractivity contribution in [1.82, 2.24) is 10.0 Å². The van der Waals surface area contributed by atoms with Crippen molar-refractivity contribution in [3.8, 4) is 0 Å². The van der Waals surface area contributed by atoms with E-state index in [0.29, 0.717) is 24.2 Å². The van der Waals surface area contributed by atoms with E-state index >= 15 is 0 Å². The molecule has 1 aliphatic heterocycles. The molecule has 2 aromatic carbocycles. The van der Waals surface area contributed by atoms with Crippen LogP contribution in [0.15, 0.2) is 57.9 Å². The maximum absolute atomic E-state index is 12.4. The van der Waals surface area contributed by atoms with E-state index in [2.05, 4.69) is 26.0 Å². The molecule has 2 aromatic rings. The first kappa shape index (κ1) is 18.8. The molecule has 3 rings (SSSR count). The van der Waals surface area contributed by atoms with Gasteiger partial charge >= 0.3 is 0 Å². The largest absolute Gasteiger partial charge is 0.348 e. The zero-order chi connectivity index (χ0) is 18.7. The number of amides is 1. The highest BCUT2D eigenvalue weighted by Crippen LogP contribution is 2.31. The molecule has 2 N–H and O–H groups in total. The van der Waals surface area contributed by atoms with Crippen LogP contribution in [-0.4, -0.2) is 27.4 Å². The lowest BCUT2D eigenvalue weighted by atomic mass is 9.97. The predicted molar refractivity (Wildman–Crippen MR) is 106 cm³/mol. The molecule has 0 saturated heterocycles. The van der Waals surface area contributed by atoms with Crippen molar-refractivity contribution in [3.63, 3.8) is 0 Å². The van der Waals surface area contributed by atoms with Gasteiger partial charge in [0.15, 0.2) is 0 Å². The highest BCUT2D eigenvalue weighted by Gasteiger charge is 2.25. The summed E-state index contributed by atoms with van der Waals surface area (Å²) >= 11 is 3.45. The molecule has 0 aliphatic carbocycles. The lowest BCUT2D eigenvalue weighted by Gasteiger charge is -2.09. The van der Waals surface area contributed by atoms with E-state index in [1.807, 2.05) is 31.2 Å². The Labute approximate surface area is 161 Å². The van der Waals surface area contributed by atoms with E-state index in [0.717, 1.165) is 22.0 Å². The number of carbonyl (C=O) groups excluding carboxylic acids is 1. The summed E-state index contributed by atoms with van der Waals surface area (Å²) in [4.78, 5) is 12.5. The molecule has 0 atom stereocenters. The second kappa shape index (κ2) is 7.73. The van der Waals surface area contributed by atoms with Crippen molar-refractivity contribution in [2.75, 3.05) is 13.1 Å². The predicted octanol–water partition coefficient (Wildman–Crippen LogP) is 3.18. The lowest BCUT2D eigenvalue weighted by molar-refractivity contribution is -0.114. The molecular weight excluding hydrogens is 416 g/mol. The first-order chi connectivity index (χ1) is 12.4. The number of hydrogen-bond donors (Lipinski definition) is 2. The summed E-state index contributed by atoms with van der Waals surface area (Å²) in [6.07, 6.45) is 0.723. The maximum atomic E-state index is 12.4. The minimum absolute atomic E-state index is 0.153. The highest BCUT2D eigenvalue weighted by molar-refractivity contribution is 9.10. The van der Waals surface area contributed by atoms with Gasteiger partial charge in [0.2, 0.25) is 10.0 Å². The summed E-state index contributed by atoms with van der Waals surface area (Å²) in [6, 6.07) is 14.2. The molecule has 0 radical (unpaired) electrons. The lowest BCUT2D eigenvalue weighted by Crippen LogP contribution is -2.24. The molecule has 0 bridgehead atoms. The smallest absolute Gasteiger partial charge is 0.252 e. The fraction of sp³-hybridized carbons (Fsp3) is 0.211. The zero-order valence-electron chi connectivity index (χ0n) is 14.3. The topological polar surface area (TPSA) is 75.3 Å². The minimum Gasteiger partial charge on any atom is -0.348 e. The van der Waals surface area contributed by atoms with Gasteiger partial charge in [0.1, 0.15) is 0 Å². The minimum atomic E-state index is -3.52. The van der Waals surface area contributed by atoms with Crippen LogP contribution in [0.1, 0.15) is 24.5 Å². The average Bonchev–Trinajstić information content (AvgIpc) is 3.02. The standard InChI is InChI=1S/C19H19BrN2O3S/c1-2-10-22-26(24,25)16-8-6-13(7-9-16)18-17(12-21-19(18)23)14-4-3-5-15(20)11-14/h3-9,11,22H,2,10,12H2,1H3,(H,21,23). The summed E-state index contributed by atoms with van der Waals surface area (Å²) in [5, 5.41) is 2.85. The van der Waals surface area contributed by atoms with Crippen molar-refractivity contribution in [1.29, 1.82) is 0 Å². The Morgan fingerprint density at radius 2 is 1.85 bits per heavy atom. The zero-order valence-corrected chi connectivity index (χ0v) is 16.7. The van der Waals surface area contributed by atoms with Crippen molar-refractivity contribution in [3.05, 3.63) is 64.1 Å². The Hall–Kier alpha value is -1.96. The van der Waals surface area contributed by atoms with Crippen LogP contribution < -0.4 is 10.0 Å². The van der Waals surface area contributed by atoms with Gasteiger partial charge in [0.25, 0.3) is 5.91 Å². The number of rotatable bonds is 6. The third-order valence-electron chi connectivity index (χ3n) is 4.12. The van der Waals surface area contributed by atoms with Crippen LogP contribution in [0.4, 0.5) is 0 Å². The fourth-order valence-corrected chi connectivity index (χ4v) is 4.36. The first-order valence-electron chi connectivity index (χ1n) is 8.30. The van der Waals surface area contributed by atoms with Gasteiger partial charge in [-0.05, 0) is 47.4 Å². The Morgan fingerprint density at radius 1 is 1.12 bits per heavy atom. The van der Waals surface area contributed by atoms with Gasteiger partial charge in [0, 0.05) is 17.6 Å². The van der Waals surface area contributed by atoms with Crippen LogP contribution in [0.2, 0.25) is 0 Å². The fourth-order valence-electron chi connectivity index (χ4n) is 2.83. The van der Waals surface area contributed by atoms with Crippen LogP contribution in [0.3, 0.4) is 0 Å². The molecule has 0 unspecified atom stereocenters. The number of carbonyl (C=O) groups is 1. The van der Waals surface area contributed by atoms with Gasteiger partial charge in [-0.15, -0.1) is 0 Å². The van der Waals surface area contributed by atoms with Gasteiger partial charge in [-0.3, -0.25) is 4.79 Å². The molecule has 7 heteroatoms. The number of hydrogen-bond acceptors (Lipinski definition) is 3. The molecule has 5 nitrogen and oxygen atoms in total. The molecular formula is C19H19BrN2O3S. The van der Waals surface area contributed by atoms with Crippen molar-refractivity contribution in [2.45, 2.75) is 18.2 Å². The van der Waals surface area contributed by atoms with E-state index in [1.54, 1.807) is 12.1 Å². The molecule has 136 valence electrons. The summed E-state index contributed by atoms with van der Waals surface area (Å²) in [5.74, 6) is -0.153. The highest BCUT2D eigenvalue weighted by atomic mass is 79.9. The van der Waals surface area contributed by atoms with Crippen LogP contribution in [0.25, 0.3) is 11.1 Å². The van der Waals surface area contributed by atoms with E-state index in [4.69, 9.17) is 0 Å². The molecule has 0 fully saturated rings. The third-order valence-corrected chi connectivity index (χ3v) is 6.09. The summed E-state index contributed by atoms with van der Waals surface area (Å²) < 4.78 is 27.9. The molecule has 0 saturated carbocycles. The molecule has 1 amide bonds. The monoisotopic (exact) mass is 434 g/mol. The normalized spacial score (nSPS) is 14.6. The maximum Gasteiger partial charge on any atom is 0.252 e. The molecule has 1 aliphatic rings. The first-order valence-corrected chi connectivity index (χ1v) is 10.6. The van der Waals surface area contributed by atoms with Crippen LogP contribution in [0.5, 0.6) is 0 Å².